The molecule has 1 heterocycles. The minimum atomic E-state index is -1.12. The highest BCUT2D eigenvalue weighted by Crippen LogP contribution is 2.27. The van der Waals surface area contributed by atoms with Gasteiger partial charge in [0.25, 0.3) is 5.91 Å². The second-order valence-corrected chi connectivity index (χ2v) is 6.73. The van der Waals surface area contributed by atoms with Crippen LogP contribution in [0.2, 0.25) is 0 Å². The molecule has 1 amide bonds. The normalized spacial score (nSPS) is 10.8. The van der Waals surface area contributed by atoms with Crippen LogP contribution in [-0.4, -0.2) is 17.0 Å². The van der Waals surface area contributed by atoms with Crippen molar-refractivity contribution in [2.24, 2.45) is 0 Å². The lowest BCUT2D eigenvalue weighted by Crippen LogP contribution is -2.13. The average molecular weight is 363 g/mol. The van der Waals surface area contributed by atoms with Gasteiger partial charge in [0.05, 0.1) is 0 Å². The molecule has 0 spiro atoms. The fourth-order valence-electron chi connectivity index (χ4n) is 2.73. The highest BCUT2D eigenvalue weighted by Gasteiger charge is 2.13. The molecular weight excluding hydrogens is 342 g/mol. The first-order chi connectivity index (χ1) is 12.8. The third-order valence-corrected chi connectivity index (χ3v) is 4.43. The molecular formula is C22H21NO4. The van der Waals surface area contributed by atoms with Gasteiger partial charge in [-0.2, -0.15) is 0 Å². The molecule has 5 heteroatoms. The number of benzene rings is 2. The van der Waals surface area contributed by atoms with Crippen molar-refractivity contribution < 1.29 is 19.1 Å². The van der Waals surface area contributed by atoms with E-state index in [1.807, 2.05) is 43.3 Å². The van der Waals surface area contributed by atoms with Crippen molar-refractivity contribution in [2.75, 3.05) is 5.32 Å². The molecule has 0 fully saturated rings. The summed E-state index contributed by atoms with van der Waals surface area (Å²) in [5.41, 5.74) is 4.00. The number of nitrogens with one attached hydrogen (secondary N) is 1. The zero-order chi connectivity index (χ0) is 19.6. The van der Waals surface area contributed by atoms with E-state index in [9.17, 15) is 9.59 Å². The van der Waals surface area contributed by atoms with E-state index in [1.54, 1.807) is 12.1 Å². The zero-order valence-electron chi connectivity index (χ0n) is 15.4. The molecule has 1 aromatic heterocycles. The Morgan fingerprint density at radius 2 is 1.70 bits per heavy atom. The van der Waals surface area contributed by atoms with Crippen molar-refractivity contribution in [3.63, 3.8) is 0 Å². The van der Waals surface area contributed by atoms with E-state index in [4.69, 9.17) is 9.52 Å². The largest absolute Gasteiger partial charge is 0.475 e. The van der Waals surface area contributed by atoms with Gasteiger partial charge in [-0.15, -0.1) is 0 Å². The molecule has 0 aliphatic rings. The Bertz CT molecular complexity index is 984. The summed E-state index contributed by atoms with van der Waals surface area (Å²) >= 11 is 0. The third-order valence-electron chi connectivity index (χ3n) is 4.43. The summed E-state index contributed by atoms with van der Waals surface area (Å²) in [5.74, 6) is -0.599. The van der Waals surface area contributed by atoms with Gasteiger partial charge in [-0.05, 0) is 54.3 Å². The fourth-order valence-corrected chi connectivity index (χ4v) is 2.73. The molecule has 2 aromatic carbocycles. The Hall–Kier alpha value is -3.34. The number of hydrogen-bond acceptors (Lipinski definition) is 3. The van der Waals surface area contributed by atoms with Crippen LogP contribution in [0.4, 0.5) is 5.69 Å². The third kappa shape index (κ3) is 4.08. The first-order valence-corrected chi connectivity index (χ1v) is 8.70. The van der Waals surface area contributed by atoms with Gasteiger partial charge in [0.2, 0.25) is 5.76 Å². The quantitative estimate of drug-likeness (QED) is 0.642. The predicted molar refractivity (Wildman–Crippen MR) is 104 cm³/mol. The number of furan rings is 1. The number of carboxylic acid groups (broad SMARTS) is 1. The van der Waals surface area contributed by atoms with E-state index < -0.39 is 5.97 Å². The summed E-state index contributed by atoms with van der Waals surface area (Å²) < 4.78 is 5.34. The van der Waals surface area contributed by atoms with Crippen molar-refractivity contribution >= 4 is 17.6 Å². The van der Waals surface area contributed by atoms with E-state index in [-0.39, 0.29) is 11.7 Å². The van der Waals surface area contributed by atoms with E-state index in [0.29, 0.717) is 28.5 Å². The molecule has 3 aromatic rings. The molecule has 3 rings (SSSR count). The Morgan fingerprint density at radius 3 is 2.30 bits per heavy atom. The molecule has 0 aliphatic heterocycles. The van der Waals surface area contributed by atoms with Gasteiger partial charge in [0.1, 0.15) is 5.76 Å². The van der Waals surface area contributed by atoms with E-state index in [1.165, 1.54) is 11.6 Å². The predicted octanol–water partition coefficient (Wildman–Crippen LogP) is 5.33. The molecule has 138 valence electrons. The second-order valence-electron chi connectivity index (χ2n) is 6.73. The minimum Gasteiger partial charge on any atom is -0.475 e. The first kappa shape index (κ1) is 18.5. The summed E-state index contributed by atoms with van der Waals surface area (Å²) in [6.45, 7) is 6.11. The van der Waals surface area contributed by atoms with Gasteiger partial charge in [-0.25, -0.2) is 4.79 Å². The first-order valence-electron chi connectivity index (χ1n) is 8.70. The molecule has 0 atom stereocenters. The molecule has 0 saturated carbocycles. The Morgan fingerprint density at radius 1 is 1.00 bits per heavy atom. The lowest BCUT2D eigenvalue weighted by molar-refractivity contribution is 0.0663. The van der Waals surface area contributed by atoms with E-state index >= 15 is 0 Å². The molecule has 0 radical (unpaired) electrons. The highest BCUT2D eigenvalue weighted by molar-refractivity contribution is 6.05. The number of hydrogen-bond donors (Lipinski definition) is 2. The topological polar surface area (TPSA) is 79.5 Å². The number of carbonyl (C=O) groups excluding carboxylic acids is 1. The van der Waals surface area contributed by atoms with Gasteiger partial charge in [0.15, 0.2) is 0 Å². The lowest BCUT2D eigenvalue weighted by Gasteiger charge is -2.11. The zero-order valence-corrected chi connectivity index (χ0v) is 15.4. The molecule has 5 nitrogen and oxygen atoms in total. The van der Waals surface area contributed by atoms with Crippen molar-refractivity contribution in [1.82, 2.24) is 0 Å². The van der Waals surface area contributed by atoms with Gasteiger partial charge in [0, 0.05) is 16.8 Å². The number of aryl methyl sites for hydroxylation is 1. The Balaban J connectivity index is 1.83. The van der Waals surface area contributed by atoms with Crippen LogP contribution in [0.25, 0.3) is 11.3 Å². The minimum absolute atomic E-state index is 0.124. The number of rotatable bonds is 5. The van der Waals surface area contributed by atoms with E-state index in [0.717, 1.165) is 5.56 Å². The summed E-state index contributed by atoms with van der Waals surface area (Å²) in [5, 5.41) is 11.9. The maximum atomic E-state index is 12.6. The monoisotopic (exact) mass is 363 g/mol. The van der Waals surface area contributed by atoms with Crippen molar-refractivity contribution in [1.29, 1.82) is 0 Å². The number of carboxylic acids is 1. The van der Waals surface area contributed by atoms with Crippen LogP contribution in [0, 0.1) is 6.92 Å². The van der Waals surface area contributed by atoms with Crippen LogP contribution in [0.5, 0.6) is 0 Å². The molecule has 0 saturated heterocycles. The van der Waals surface area contributed by atoms with Crippen LogP contribution in [0.3, 0.4) is 0 Å². The SMILES string of the molecule is Cc1ccc(-c2ccc(C(=O)O)o2)cc1NC(=O)c1ccc(C(C)C)cc1. The van der Waals surface area contributed by atoms with E-state index in [2.05, 4.69) is 19.2 Å². The van der Waals surface area contributed by atoms with Gasteiger partial charge in [-0.3, -0.25) is 4.79 Å². The van der Waals surface area contributed by atoms with Crippen LogP contribution in [0.1, 0.15) is 51.8 Å². The molecule has 2 N–H and O–H groups in total. The number of aromatic carboxylic acids is 1. The molecule has 0 unspecified atom stereocenters. The van der Waals surface area contributed by atoms with Gasteiger partial charge >= 0.3 is 5.97 Å². The number of anilines is 1. The maximum absolute atomic E-state index is 12.6. The molecule has 0 aliphatic carbocycles. The molecule has 27 heavy (non-hydrogen) atoms. The smallest absolute Gasteiger partial charge is 0.371 e. The van der Waals surface area contributed by atoms with Crippen LogP contribution < -0.4 is 5.32 Å². The summed E-state index contributed by atoms with van der Waals surface area (Å²) in [6.07, 6.45) is 0. The number of amides is 1. The van der Waals surface area contributed by atoms with Crippen molar-refractivity contribution in [3.8, 4) is 11.3 Å². The average Bonchev–Trinajstić information content (AvgIpc) is 3.14. The standard InChI is InChI=1S/C22H21NO4/c1-13(2)15-6-8-16(9-7-15)21(24)23-18-12-17(5-4-14(18)3)19-10-11-20(27-19)22(25)26/h4-13H,1-3H3,(H,23,24)(H,25,26). The summed E-state index contributed by atoms with van der Waals surface area (Å²) in [7, 11) is 0. The van der Waals surface area contributed by atoms with Gasteiger partial charge < -0.3 is 14.8 Å². The van der Waals surface area contributed by atoms with Gasteiger partial charge in [-0.1, -0.05) is 38.1 Å². The maximum Gasteiger partial charge on any atom is 0.371 e. The highest BCUT2D eigenvalue weighted by atomic mass is 16.4. The van der Waals surface area contributed by atoms with Crippen LogP contribution in [0.15, 0.2) is 59.0 Å². The van der Waals surface area contributed by atoms with Crippen LogP contribution >= 0.6 is 0 Å². The summed E-state index contributed by atoms with van der Waals surface area (Å²) in [4.78, 5) is 23.6. The Labute approximate surface area is 157 Å². The van der Waals surface area contributed by atoms with Crippen molar-refractivity contribution in [2.45, 2.75) is 26.7 Å². The Kier molecular flexibility index (Phi) is 5.12. The summed E-state index contributed by atoms with van der Waals surface area (Å²) in [6, 6.07) is 16.0. The second kappa shape index (κ2) is 7.50. The molecule has 0 bridgehead atoms. The van der Waals surface area contributed by atoms with Crippen LogP contribution in [-0.2, 0) is 0 Å². The number of carbonyl (C=O) groups is 2. The fraction of sp³-hybridized carbons (Fsp3) is 0.182. The van der Waals surface area contributed by atoms with Crippen molar-refractivity contribution in [3.05, 3.63) is 77.0 Å². The lowest BCUT2D eigenvalue weighted by atomic mass is 10.0.